The van der Waals surface area contributed by atoms with Gasteiger partial charge in [0.2, 0.25) is 0 Å². The maximum Gasteiger partial charge on any atom is 0.416 e. The second-order valence-corrected chi connectivity index (χ2v) is 3.71. The number of alkyl halides is 3. The Balaban J connectivity index is 2.93. The summed E-state index contributed by atoms with van der Waals surface area (Å²) in [6.45, 7) is 3.50. The van der Waals surface area contributed by atoms with Gasteiger partial charge in [0, 0.05) is 11.6 Å². The summed E-state index contributed by atoms with van der Waals surface area (Å²) in [4.78, 5) is 0. The first-order valence-electron chi connectivity index (χ1n) is 5.09. The molecule has 0 unspecified atom stereocenters. The zero-order chi connectivity index (χ0) is 13.1. The lowest BCUT2D eigenvalue weighted by Gasteiger charge is -2.14. The van der Waals surface area contributed by atoms with Crippen molar-refractivity contribution in [3.63, 3.8) is 0 Å². The lowest BCUT2D eigenvalue weighted by molar-refractivity contribution is -0.137. The number of allylic oxidation sites excluding steroid dienone is 1. The number of nitrogens with two attached hydrogens (primary N) is 1. The van der Waals surface area contributed by atoms with E-state index in [4.69, 9.17) is 5.73 Å². The molecule has 1 aromatic rings. The minimum absolute atomic E-state index is 0.0971. The zero-order valence-corrected chi connectivity index (χ0v) is 9.10. The molecule has 0 spiro atoms. The van der Waals surface area contributed by atoms with Gasteiger partial charge in [-0.1, -0.05) is 12.1 Å². The third-order valence-electron chi connectivity index (χ3n) is 2.41. The summed E-state index contributed by atoms with van der Waals surface area (Å²) in [6, 6.07) is 1.79. The van der Waals surface area contributed by atoms with Crippen molar-refractivity contribution < 1.29 is 17.6 Å². The summed E-state index contributed by atoms with van der Waals surface area (Å²) in [5.41, 5.74) is 4.76. The molecule has 17 heavy (non-hydrogen) atoms. The predicted octanol–water partition coefficient (Wildman–Crippen LogP) is 3.81. The Kier molecular flexibility index (Phi) is 4.28. The summed E-state index contributed by atoms with van der Waals surface area (Å²) in [5.74, 6) is -0.920. The van der Waals surface area contributed by atoms with Crippen molar-refractivity contribution in [2.24, 2.45) is 5.73 Å². The van der Waals surface area contributed by atoms with Crippen molar-refractivity contribution in [1.29, 1.82) is 0 Å². The molecule has 1 rings (SSSR count). The molecule has 0 saturated carbocycles. The van der Waals surface area contributed by atoms with E-state index in [9.17, 15) is 17.6 Å². The number of hydrogen-bond acceptors (Lipinski definition) is 1. The summed E-state index contributed by atoms with van der Waals surface area (Å²) < 4.78 is 50.3. The third kappa shape index (κ3) is 3.56. The fourth-order valence-corrected chi connectivity index (χ4v) is 1.46. The average molecular weight is 247 g/mol. The topological polar surface area (TPSA) is 26.0 Å². The Morgan fingerprint density at radius 1 is 1.35 bits per heavy atom. The van der Waals surface area contributed by atoms with Crippen LogP contribution in [0.5, 0.6) is 0 Å². The highest BCUT2D eigenvalue weighted by molar-refractivity contribution is 5.28. The van der Waals surface area contributed by atoms with Crippen LogP contribution in [0.2, 0.25) is 0 Å². The van der Waals surface area contributed by atoms with Gasteiger partial charge in [-0.05, 0) is 25.0 Å². The fourth-order valence-electron chi connectivity index (χ4n) is 1.46. The van der Waals surface area contributed by atoms with Crippen LogP contribution in [0.1, 0.15) is 30.0 Å². The summed E-state index contributed by atoms with van der Waals surface area (Å²) >= 11 is 0. The van der Waals surface area contributed by atoms with E-state index >= 15 is 0 Å². The lowest BCUT2D eigenvalue weighted by Crippen LogP contribution is -2.13. The molecule has 0 aliphatic carbocycles. The Hall–Kier alpha value is -1.36. The molecule has 1 nitrogen and oxygen atoms in total. The van der Waals surface area contributed by atoms with Crippen LogP contribution in [0.4, 0.5) is 17.6 Å². The van der Waals surface area contributed by atoms with E-state index in [2.05, 4.69) is 6.58 Å². The second kappa shape index (κ2) is 5.31. The van der Waals surface area contributed by atoms with Crippen LogP contribution < -0.4 is 5.73 Å². The first kappa shape index (κ1) is 13.7. The van der Waals surface area contributed by atoms with Crippen LogP contribution in [-0.2, 0) is 6.18 Å². The van der Waals surface area contributed by atoms with E-state index in [-0.39, 0.29) is 5.56 Å². The molecule has 1 aromatic carbocycles. The molecular formula is C12H13F4N. The van der Waals surface area contributed by atoms with Crippen LogP contribution in [-0.4, -0.2) is 0 Å². The van der Waals surface area contributed by atoms with Gasteiger partial charge < -0.3 is 5.73 Å². The minimum Gasteiger partial charge on any atom is -0.324 e. The highest BCUT2D eigenvalue weighted by Gasteiger charge is 2.31. The van der Waals surface area contributed by atoms with Gasteiger partial charge in [-0.2, -0.15) is 13.2 Å². The van der Waals surface area contributed by atoms with Gasteiger partial charge in [0.25, 0.3) is 0 Å². The number of benzene rings is 1. The standard InChI is InChI=1S/C12H13F4N/c1-2-3-4-11(17)9-6-5-8(7-10(9)13)12(14,15)16/h2,5-7,11H,1,3-4,17H2/t11-/m1/s1. The second-order valence-electron chi connectivity index (χ2n) is 3.71. The molecule has 94 valence electrons. The monoisotopic (exact) mass is 247 g/mol. The van der Waals surface area contributed by atoms with Gasteiger partial charge in [-0.15, -0.1) is 6.58 Å². The Labute approximate surface area is 96.9 Å². The van der Waals surface area contributed by atoms with Crippen LogP contribution in [0.3, 0.4) is 0 Å². The molecule has 0 amide bonds. The number of halogens is 4. The van der Waals surface area contributed by atoms with Crippen LogP contribution in [0.15, 0.2) is 30.9 Å². The van der Waals surface area contributed by atoms with Gasteiger partial charge in [-0.25, -0.2) is 4.39 Å². The largest absolute Gasteiger partial charge is 0.416 e. The van der Waals surface area contributed by atoms with Crippen molar-refractivity contribution in [3.05, 3.63) is 47.8 Å². The molecule has 0 saturated heterocycles. The van der Waals surface area contributed by atoms with E-state index in [0.717, 1.165) is 12.1 Å². The highest BCUT2D eigenvalue weighted by atomic mass is 19.4. The first-order chi connectivity index (χ1) is 7.86. The Morgan fingerprint density at radius 2 is 2.00 bits per heavy atom. The molecule has 0 aliphatic rings. The van der Waals surface area contributed by atoms with Gasteiger partial charge in [-0.3, -0.25) is 0 Å². The average Bonchev–Trinajstić information content (AvgIpc) is 2.24. The fraction of sp³-hybridized carbons (Fsp3) is 0.333. The Bertz CT molecular complexity index is 398. The van der Waals surface area contributed by atoms with Crippen molar-refractivity contribution in [3.8, 4) is 0 Å². The van der Waals surface area contributed by atoms with Crippen molar-refractivity contribution in [2.45, 2.75) is 25.1 Å². The molecule has 0 heterocycles. The van der Waals surface area contributed by atoms with Crippen LogP contribution >= 0.6 is 0 Å². The van der Waals surface area contributed by atoms with Gasteiger partial charge >= 0.3 is 6.18 Å². The smallest absolute Gasteiger partial charge is 0.324 e. The van der Waals surface area contributed by atoms with Crippen LogP contribution in [0, 0.1) is 5.82 Å². The normalized spacial score (nSPS) is 13.5. The predicted molar refractivity (Wildman–Crippen MR) is 57.8 cm³/mol. The van der Waals surface area contributed by atoms with Crippen molar-refractivity contribution in [2.75, 3.05) is 0 Å². The molecule has 0 aliphatic heterocycles. The molecule has 0 aromatic heterocycles. The summed E-state index contributed by atoms with van der Waals surface area (Å²) in [5, 5.41) is 0. The van der Waals surface area contributed by atoms with E-state index in [1.54, 1.807) is 6.08 Å². The van der Waals surface area contributed by atoms with E-state index in [1.165, 1.54) is 0 Å². The zero-order valence-electron chi connectivity index (χ0n) is 9.10. The maximum absolute atomic E-state index is 13.5. The third-order valence-corrected chi connectivity index (χ3v) is 2.41. The van der Waals surface area contributed by atoms with Crippen molar-refractivity contribution in [1.82, 2.24) is 0 Å². The van der Waals surface area contributed by atoms with Gasteiger partial charge in [0.15, 0.2) is 0 Å². The van der Waals surface area contributed by atoms with Crippen molar-refractivity contribution >= 4 is 0 Å². The van der Waals surface area contributed by atoms with Crippen LogP contribution in [0.25, 0.3) is 0 Å². The van der Waals surface area contributed by atoms with E-state index in [1.807, 2.05) is 0 Å². The summed E-state index contributed by atoms with van der Waals surface area (Å²) in [6.07, 6.45) is -1.88. The first-order valence-corrected chi connectivity index (χ1v) is 5.09. The molecule has 0 bridgehead atoms. The molecule has 0 radical (unpaired) electrons. The summed E-state index contributed by atoms with van der Waals surface area (Å²) in [7, 11) is 0. The van der Waals surface area contributed by atoms with E-state index < -0.39 is 23.6 Å². The quantitative estimate of drug-likeness (QED) is 0.635. The number of rotatable bonds is 4. The van der Waals surface area contributed by atoms with E-state index in [0.29, 0.717) is 18.9 Å². The lowest BCUT2D eigenvalue weighted by atomic mass is 10.0. The maximum atomic E-state index is 13.5. The Morgan fingerprint density at radius 3 is 2.47 bits per heavy atom. The molecular weight excluding hydrogens is 234 g/mol. The molecule has 2 N–H and O–H groups in total. The SMILES string of the molecule is C=CCC[C@@H](N)c1ccc(C(F)(F)F)cc1F. The highest BCUT2D eigenvalue weighted by Crippen LogP contribution is 2.31. The molecule has 5 heteroatoms. The van der Waals surface area contributed by atoms with Gasteiger partial charge in [0.05, 0.1) is 5.56 Å². The minimum atomic E-state index is -4.54. The molecule has 1 atom stereocenters. The van der Waals surface area contributed by atoms with Gasteiger partial charge in [0.1, 0.15) is 5.82 Å². The molecule has 0 fully saturated rings. The number of hydrogen-bond donors (Lipinski definition) is 1.